The summed E-state index contributed by atoms with van der Waals surface area (Å²) < 4.78 is 1.94. The molecule has 20 heavy (non-hydrogen) atoms. The van der Waals surface area contributed by atoms with Crippen LogP contribution in [0, 0.1) is 0 Å². The van der Waals surface area contributed by atoms with Crippen LogP contribution < -0.4 is 10.6 Å². The Morgan fingerprint density at radius 1 is 1.35 bits per heavy atom. The molecule has 0 aliphatic heterocycles. The van der Waals surface area contributed by atoms with Crippen LogP contribution in [0.15, 0.2) is 12.3 Å². The van der Waals surface area contributed by atoms with E-state index >= 15 is 0 Å². The molecule has 5 heteroatoms. The van der Waals surface area contributed by atoms with Crippen molar-refractivity contribution in [1.29, 1.82) is 0 Å². The number of nitrogens with zero attached hydrogens (tertiary/aromatic N) is 1. The summed E-state index contributed by atoms with van der Waals surface area (Å²) in [5.41, 5.74) is 0.674. The smallest absolute Gasteiger partial charge is 0.268 e. The molecule has 112 valence electrons. The van der Waals surface area contributed by atoms with Crippen LogP contribution in [0.25, 0.3) is 0 Å². The number of halogens is 1. The maximum atomic E-state index is 12.4. The summed E-state index contributed by atoms with van der Waals surface area (Å²) in [5.74, 6) is -0.00161. The lowest BCUT2D eigenvalue weighted by Gasteiger charge is -2.28. The van der Waals surface area contributed by atoms with E-state index in [1.54, 1.807) is 6.07 Å². The van der Waals surface area contributed by atoms with Crippen LogP contribution in [0.3, 0.4) is 0 Å². The molecule has 0 bridgehead atoms. The molecule has 0 spiro atoms. The fourth-order valence-corrected chi connectivity index (χ4v) is 3.10. The summed E-state index contributed by atoms with van der Waals surface area (Å²) in [5, 5.41) is 7.08. The van der Waals surface area contributed by atoms with Crippen LogP contribution in [0.4, 0.5) is 0 Å². The Hall–Kier alpha value is -1.00. The highest BCUT2D eigenvalue weighted by molar-refractivity contribution is 6.31. The lowest BCUT2D eigenvalue weighted by Crippen LogP contribution is -2.41. The molecule has 0 aromatic carbocycles. The number of hydrogen-bond donors (Lipinski definition) is 2. The van der Waals surface area contributed by atoms with Gasteiger partial charge in [-0.15, -0.1) is 0 Å². The van der Waals surface area contributed by atoms with Crippen LogP contribution in [0.5, 0.6) is 0 Å². The van der Waals surface area contributed by atoms with E-state index in [1.165, 1.54) is 0 Å². The summed E-state index contributed by atoms with van der Waals surface area (Å²) in [6.07, 6.45) is 7.14. The number of hydrogen-bond acceptors (Lipinski definition) is 2. The first-order valence-electron chi connectivity index (χ1n) is 7.47. The Morgan fingerprint density at radius 3 is 2.60 bits per heavy atom. The van der Waals surface area contributed by atoms with Gasteiger partial charge in [0.2, 0.25) is 0 Å². The summed E-state index contributed by atoms with van der Waals surface area (Å²) in [6, 6.07) is 2.64. The first kappa shape index (κ1) is 15.4. The van der Waals surface area contributed by atoms with Crippen molar-refractivity contribution in [3.05, 3.63) is 23.0 Å². The number of aromatic nitrogens is 1. The van der Waals surface area contributed by atoms with Gasteiger partial charge in [0.25, 0.3) is 5.91 Å². The van der Waals surface area contributed by atoms with E-state index in [-0.39, 0.29) is 11.9 Å². The summed E-state index contributed by atoms with van der Waals surface area (Å²) >= 11 is 6.02. The molecule has 0 unspecified atom stereocenters. The van der Waals surface area contributed by atoms with E-state index in [0.717, 1.165) is 38.6 Å². The molecule has 1 aliphatic rings. The van der Waals surface area contributed by atoms with Gasteiger partial charge in [0.1, 0.15) is 5.69 Å². The second-order valence-corrected chi connectivity index (χ2v) is 5.98. The van der Waals surface area contributed by atoms with Gasteiger partial charge < -0.3 is 15.2 Å². The number of nitrogens with one attached hydrogen (secondary N) is 2. The maximum absolute atomic E-state index is 12.4. The Balaban J connectivity index is 1.95. The van der Waals surface area contributed by atoms with Crippen molar-refractivity contribution in [1.82, 2.24) is 15.2 Å². The lowest BCUT2D eigenvalue weighted by atomic mass is 9.91. The largest absolute Gasteiger partial charge is 0.348 e. The van der Waals surface area contributed by atoms with Gasteiger partial charge in [-0.2, -0.15) is 0 Å². The standard InChI is InChI=1S/C15H24ClN3O/c1-3-8-19-10-11(16)9-14(19)15(20)18-13-6-4-12(17-2)5-7-13/h9-10,12-13,17H,3-8H2,1-2H3,(H,18,20). The second kappa shape index (κ2) is 7.14. The minimum absolute atomic E-state index is 0.00161. The highest BCUT2D eigenvalue weighted by Crippen LogP contribution is 2.20. The topological polar surface area (TPSA) is 46.1 Å². The van der Waals surface area contributed by atoms with Gasteiger partial charge in [-0.1, -0.05) is 18.5 Å². The van der Waals surface area contributed by atoms with E-state index in [9.17, 15) is 4.79 Å². The van der Waals surface area contributed by atoms with Gasteiger partial charge in [0.05, 0.1) is 5.02 Å². The molecule has 1 saturated carbocycles. The predicted molar refractivity (Wildman–Crippen MR) is 82.3 cm³/mol. The van der Waals surface area contributed by atoms with Crippen LogP contribution in [0.1, 0.15) is 49.5 Å². The van der Waals surface area contributed by atoms with Crippen LogP contribution in [-0.2, 0) is 6.54 Å². The number of carbonyl (C=O) groups excluding carboxylic acids is 1. The molecule has 4 nitrogen and oxygen atoms in total. The minimum atomic E-state index is -0.00161. The van der Waals surface area contributed by atoms with Crippen LogP contribution in [-0.4, -0.2) is 29.6 Å². The molecule has 0 radical (unpaired) electrons. The Kier molecular flexibility index (Phi) is 5.49. The third-order valence-corrected chi connectivity index (χ3v) is 4.24. The van der Waals surface area contributed by atoms with E-state index in [4.69, 9.17) is 11.6 Å². The molecule has 1 aromatic rings. The highest BCUT2D eigenvalue weighted by Gasteiger charge is 2.23. The Bertz CT molecular complexity index is 450. The molecule has 2 rings (SSSR count). The zero-order chi connectivity index (χ0) is 14.5. The molecule has 2 N–H and O–H groups in total. The van der Waals surface area contributed by atoms with E-state index in [0.29, 0.717) is 16.8 Å². The van der Waals surface area contributed by atoms with E-state index in [2.05, 4.69) is 17.6 Å². The predicted octanol–water partition coefficient (Wildman–Crippen LogP) is 2.81. The van der Waals surface area contributed by atoms with Gasteiger partial charge in [-0.3, -0.25) is 4.79 Å². The van der Waals surface area contributed by atoms with Gasteiger partial charge >= 0.3 is 0 Å². The maximum Gasteiger partial charge on any atom is 0.268 e. The first-order chi connectivity index (χ1) is 9.63. The van der Waals surface area contributed by atoms with Crippen molar-refractivity contribution in [2.75, 3.05) is 7.05 Å². The van der Waals surface area contributed by atoms with Crippen LogP contribution >= 0.6 is 11.6 Å². The average Bonchev–Trinajstić information content (AvgIpc) is 2.81. The highest BCUT2D eigenvalue weighted by atomic mass is 35.5. The molecule has 1 fully saturated rings. The second-order valence-electron chi connectivity index (χ2n) is 5.55. The zero-order valence-corrected chi connectivity index (χ0v) is 13.0. The number of aryl methyl sites for hydroxylation is 1. The molecule has 0 saturated heterocycles. The van der Waals surface area contributed by atoms with Gasteiger partial charge in [0.15, 0.2) is 0 Å². The van der Waals surface area contributed by atoms with Crippen molar-refractivity contribution in [3.63, 3.8) is 0 Å². The molecular formula is C15H24ClN3O. The SMILES string of the molecule is CCCn1cc(Cl)cc1C(=O)NC1CCC(NC)CC1. The van der Waals surface area contributed by atoms with Gasteiger partial charge in [-0.05, 0) is 45.2 Å². The molecule has 1 aliphatic carbocycles. The van der Waals surface area contributed by atoms with Crippen molar-refractivity contribution >= 4 is 17.5 Å². The minimum Gasteiger partial charge on any atom is -0.348 e. The van der Waals surface area contributed by atoms with E-state index in [1.807, 2.05) is 17.8 Å². The van der Waals surface area contributed by atoms with Crippen molar-refractivity contribution in [2.24, 2.45) is 0 Å². The Morgan fingerprint density at radius 2 is 2.00 bits per heavy atom. The third-order valence-electron chi connectivity index (χ3n) is 4.03. The van der Waals surface area contributed by atoms with Crippen molar-refractivity contribution in [2.45, 2.75) is 57.7 Å². The van der Waals surface area contributed by atoms with E-state index < -0.39 is 0 Å². The monoisotopic (exact) mass is 297 g/mol. The molecule has 1 heterocycles. The van der Waals surface area contributed by atoms with Gasteiger partial charge in [0, 0.05) is 24.8 Å². The van der Waals surface area contributed by atoms with Gasteiger partial charge in [-0.25, -0.2) is 0 Å². The molecule has 1 amide bonds. The molecule has 1 aromatic heterocycles. The van der Waals surface area contributed by atoms with Crippen molar-refractivity contribution < 1.29 is 4.79 Å². The molecular weight excluding hydrogens is 274 g/mol. The summed E-state index contributed by atoms with van der Waals surface area (Å²) in [4.78, 5) is 12.4. The first-order valence-corrected chi connectivity index (χ1v) is 7.85. The quantitative estimate of drug-likeness (QED) is 0.878. The number of rotatable bonds is 5. The average molecular weight is 298 g/mol. The summed E-state index contributed by atoms with van der Waals surface area (Å²) in [6.45, 7) is 2.91. The number of carbonyl (C=O) groups is 1. The fraction of sp³-hybridized carbons (Fsp3) is 0.667. The van der Waals surface area contributed by atoms with Crippen molar-refractivity contribution in [3.8, 4) is 0 Å². The van der Waals surface area contributed by atoms with Crippen LogP contribution in [0.2, 0.25) is 5.02 Å². The summed E-state index contributed by atoms with van der Waals surface area (Å²) in [7, 11) is 2.00. The fourth-order valence-electron chi connectivity index (χ4n) is 2.88. The normalized spacial score (nSPS) is 22.8. The zero-order valence-electron chi connectivity index (χ0n) is 12.3. The number of amides is 1. The third kappa shape index (κ3) is 3.76. The Labute approximate surface area is 125 Å². The molecule has 0 atom stereocenters. The lowest BCUT2D eigenvalue weighted by molar-refractivity contribution is 0.0915.